The first-order chi connectivity index (χ1) is 15.2. The quantitative estimate of drug-likeness (QED) is 0.422. The fraction of sp³-hybridized carbons (Fsp3) is 0.273. The number of anilines is 1. The Labute approximate surface area is 179 Å². The van der Waals surface area contributed by atoms with Crippen molar-refractivity contribution in [2.75, 3.05) is 38.2 Å². The van der Waals surface area contributed by atoms with Gasteiger partial charge in [0.05, 0.1) is 43.3 Å². The van der Waals surface area contributed by atoms with E-state index in [1.165, 1.54) is 6.20 Å². The third-order valence-corrected chi connectivity index (χ3v) is 4.82. The summed E-state index contributed by atoms with van der Waals surface area (Å²) >= 11 is 0. The van der Waals surface area contributed by atoms with Crippen LogP contribution in [0.2, 0.25) is 0 Å². The minimum Gasteiger partial charge on any atom is -0.491 e. The number of aromatic nitrogens is 3. The van der Waals surface area contributed by atoms with Crippen LogP contribution in [-0.2, 0) is 9.53 Å². The molecule has 1 fully saturated rings. The van der Waals surface area contributed by atoms with E-state index in [9.17, 15) is 10.1 Å². The predicted octanol–water partition coefficient (Wildman–Crippen LogP) is 1.45. The molecule has 0 radical (unpaired) electrons. The van der Waals surface area contributed by atoms with Gasteiger partial charge in [-0.2, -0.15) is 10.4 Å². The Bertz CT molecular complexity index is 1170. The Hall–Kier alpha value is -4.08. The average Bonchev–Trinajstić information content (AvgIpc) is 3.18. The number of carbonyl (C=O) groups excluding carboxylic acids is 1. The van der Waals surface area contributed by atoms with E-state index in [2.05, 4.69) is 26.8 Å². The molecule has 1 amide bonds. The average molecular weight is 416 g/mol. The number of hydrogen-bond acceptors (Lipinski definition) is 7. The highest BCUT2D eigenvalue weighted by Crippen LogP contribution is 2.31. The zero-order valence-corrected chi connectivity index (χ0v) is 16.7. The molecule has 9 heteroatoms. The first-order valence-electron chi connectivity index (χ1n) is 9.74. The van der Waals surface area contributed by atoms with Crippen molar-refractivity contribution in [2.45, 2.75) is 0 Å². The number of pyridine rings is 2. The van der Waals surface area contributed by atoms with Crippen LogP contribution in [0.25, 0.3) is 16.6 Å². The van der Waals surface area contributed by atoms with Crippen molar-refractivity contribution < 1.29 is 14.3 Å². The van der Waals surface area contributed by atoms with Gasteiger partial charge in [0.25, 0.3) is 5.91 Å². The van der Waals surface area contributed by atoms with E-state index < -0.39 is 5.91 Å². The molecule has 4 rings (SSSR count). The molecular weight excluding hydrogens is 396 g/mol. The smallest absolute Gasteiger partial charge is 0.295 e. The van der Waals surface area contributed by atoms with E-state index in [1.54, 1.807) is 16.9 Å². The van der Waals surface area contributed by atoms with Gasteiger partial charge in [0.1, 0.15) is 17.6 Å². The molecule has 0 atom stereocenters. The van der Waals surface area contributed by atoms with Crippen LogP contribution < -0.4 is 15.4 Å². The number of terminal acetylenes is 1. The highest BCUT2D eigenvalue weighted by molar-refractivity contribution is 5.92. The number of amides is 1. The summed E-state index contributed by atoms with van der Waals surface area (Å²) < 4.78 is 12.8. The van der Waals surface area contributed by atoms with Gasteiger partial charge < -0.3 is 20.1 Å². The maximum Gasteiger partial charge on any atom is 0.295 e. The number of nitrogens with one attached hydrogen (secondary N) is 2. The Morgan fingerprint density at radius 2 is 2.23 bits per heavy atom. The van der Waals surface area contributed by atoms with E-state index in [0.29, 0.717) is 61.5 Å². The van der Waals surface area contributed by atoms with Crippen LogP contribution in [0.5, 0.6) is 5.75 Å². The molecule has 0 aliphatic carbocycles. The van der Waals surface area contributed by atoms with Crippen molar-refractivity contribution in [3.8, 4) is 35.3 Å². The van der Waals surface area contributed by atoms with Crippen molar-refractivity contribution >= 4 is 17.2 Å². The lowest BCUT2D eigenvalue weighted by molar-refractivity contribution is -0.115. The molecule has 156 valence electrons. The van der Waals surface area contributed by atoms with Gasteiger partial charge in [0.15, 0.2) is 0 Å². The maximum absolute atomic E-state index is 11.1. The summed E-state index contributed by atoms with van der Waals surface area (Å²) in [6.07, 6.45) is 10.0. The second kappa shape index (κ2) is 9.16. The van der Waals surface area contributed by atoms with Gasteiger partial charge in [-0.3, -0.25) is 4.79 Å². The first kappa shape index (κ1) is 20.2. The molecule has 1 saturated heterocycles. The molecule has 0 saturated carbocycles. The lowest BCUT2D eigenvalue weighted by Gasteiger charge is -2.25. The lowest BCUT2D eigenvalue weighted by atomic mass is 10.1. The number of ether oxygens (including phenoxy) is 2. The normalized spacial score (nSPS) is 13.1. The molecule has 3 aromatic rings. The lowest BCUT2D eigenvalue weighted by Crippen LogP contribution is -2.32. The summed E-state index contributed by atoms with van der Waals surface area (Å²) in [6, 6.07) is 7.82. The summed E-state index contributed by atoms with van der Waals surface area (Å²) in [7, 11) is 0. The Kier molecular flexibility index (Phi) is 5.97. The summed E-state index contributed by atoms with van der Waals surface area (Å²) in [4.78, 5) is 15.5. The van der Waals surface area contributed by atoms with Crippen molar-refractivity contribution in [2.24, 2.45) is 5.92 Å². The SMILES string of the molecule is C#CC(=O)NCCNc1ccc(-c2cc(OCC3COC3)cn3ncc(C#N)c23)cn1. The zero-order chi connectivity index (χ0) is 21.6. The van der Waals surface area contributed by atoms with Crippen LogP contribution in [0.15, 0.2) is 36.8 Å². The van der Waals surface area contributed by atoms with Crippen LogP contribution in [-0.4, -0.2) is 53.4 Å². The zero-order valence-electron chi connectivity index (χ0n) is 16.7. The number of fused-ring (bicyclic) bond motifs is 1. The molecule has 0 aromatic carbocycles. The van der Waals surface area contributed by atoms with E-state index in [0.717, 1.165) is 11.1 Å². The number of carbonyl (C=O) groups is 1. The molecular formula is C22H20N6O3. The van der Waals surface area contributed by atoms with Crippen LogP contribution >= 0.6 is 0 Å². The minimum absolute atomic E-state index is 0.389. The number of nitriles is 1. The second-order valence-electron chi connectivity index (χ2n) is 7.03. The van der Waals surface area contributed by atoms with Gasteiger partial charge in [0, 0.05) is 36.3 Å². The Balaban J connectivity index is 1.54. The minimum atomic E-state index is -0.449. The van der Waals surface area contributed by atoms with Crippen LogP contribution in [0.1, 0.15) is 5.56 Å². The van der Waals surface area contributed by atoms with Gasteiger partial charge >= 0.3 is 0 Å². The summed E-state index contributed by atoms with van der Waals surface area (Å²) in [5, 5.41) is 19.5. The molecule has 1 aliphatic rings. The number of hydrogen-bond donors (Lipinski definition) is 2. The van der Waals surface area contributed by atoms with Gasteiger partial charge in [-0.25, -0.2) is 9.50 Å². The second-order valence-corrected chi connectivity index (χ2v) is 7.03. The number of rotatable bonds is 8. The largest absolute Gasteiger partial charge is 0.491 e. The standard InChI is InChI=1S/C22H20N6O3/c1-2-21(29)25-6-5-24-20-4-3-16(9-26-20)19-7-18(31-14-15-12-30-13-15)11-28-22(19)17(8-23)10-27-28/h1,3-4,7,9-11,15H,5-6,12-14H2,(H,24,26)(H,25,29). The third-order valence-electron chi connectivity index (χ3n) is 4.82. The summed E-state index contributed by atoms with van der Waals surface area (Å²) in [5.41, 5.74) is 2.80. The molecule has 4 heterocycles. The molecule has 0 unspecified atom stereocenters. The molecule has 2 N–H and O–H groups in total. The maximum atomic E-state index is 11.1. The van der Waals surface area contributed by atoms with Gasteiger partial charge in [-0.05, 0) is 24.1 Å². The monoisotopic (exact) mass is 416 g/mol. The van der Waals surface area contributed by atoms with E-state index in [4.69, 9.17) is 15.9 Å². The van der Waals surface area contributed by atoms with Crippen molar-refractivity contribution in [3.63, 3.8) is 0 Å². The molecule has 0 spiro atoms. The number of nitrogens with zero attached hydrogens (tertiary/aromatic N) is 4. The Morgan fingerprint density at radius 1 is 1.35 bits per heavy atom. The Morgan fingerprint density at radius 3 is 2.90 bits per heavy atom. The predicted molar refractivity (Wildman–Crippen MR) is 113 cm³/mol. The highest BCUT2D eigenvalue weighted by atomic mass is 16.5. The van der Waals surface area contributed by atoms with Crippen molar-refractivity contribution in [1.82, 2.24) is 19.9 Å². The molecule has 3 aromatic heterocycles. The summed E-state index contributed by atoms with van der Waals surface area (Å²) in [6.45, 7) is 2.86. The van der Waals surface area contributed by atoms with Gasteiger partial charge in [-0.15, -0.1) is 6.42 Å². The van der Waals surface area contributed by atoms with Crippen molar-refractivity contribution in [3.05, 3.63) is 42.4 Å². The van der Waals surface area contributed by atoms with Crippen LogP contribution in [0, 0.1) is 29.6 Å². The van der Waals surface area contributed by atoms with Crippen LogP contribution in [0.3, 0.4) is 0 Å². The fourth-order valence-corrected chi connectivity index (χ4v) is 3.15. The first-order valence-corrected chi connectivity index (χ1v) is 9.74. The highest BCUT2D eigenvalue weighted by Gasteiger charge is 2.20. The van der Waals surface area contributed by atoms with Gasteiger partial charge in [0.2, 0.25) is 0 Å². The summed E-state index contributed by atoms with van der Waals surface area (Å²) in [5.74, 6) is 3.26. The van der Waals surface area contributed by atoms with Crippen LogP contribution in [0.4, 0.5) is 5.82 Å². The van der Waals surface area contributed by atoms with Crippen molar-refractivity contribution in [1.29, 1.82) is 5.26 Å². The van der Waals surface area contributed by atoms with Gasteiger partial charge in [-0.1, -0.05) is 0 Å². The molecule has 0 bridgehead atoms. The van der Waals surface area contributed by atoms with E-state index in [1.807, 2.05) is 24.1 Å². The topological polar surface area (TPSA) is 114 Å². The van der Waals surface area contributed by atoms with E-state index in [-0.39, 0.29) is 0 Å². The molecule has 9 nitrogen and oxygen atoms in total. The fourth-order valence-electron chi connectivity index (χ4n) is 3.15. The van der Waals surface area contributed by atoms with E-state index >= 15 is 0 Å². The third kappa shape index (κ3) is 4.58. The molecule has 1 aliphatic heterocycles. The molecule has 31 heavy (non-hydrogen) atoms.